The molecular formula is C16H25ClN2O3. The molecule has 6 heteroatoms. The Morgan fingerprint density at radius 1 is 1.32 bits per heavy atom. The van der Waals surface area contributed by atoms with E-state index in [1.165, 1.54) is 0 Å². The van der Waals surface area contributed by atoms with Crippen LogP contribution in [0.2, 0.25) is 5.02 Å². The monoisotopic (exact) mass is 328 g/mol. The molecule has 1 aliphatic heterocycles. The maximum Gasteiger partial charge on any atom is 0.162 e. The molecule has 1 aliphatic rings. The van der Waals surface area contributed by atoms with Crippen LogP contribution < -0.4 is 9.47 Å². The van der Waals surface area contributed by atoms with Crippen molar-refractivity contribution in [1.29, 1.82) is 0 Å². The molecule has 124 valence electrons. The second-order valence-electron chi connectivity index (χ2n) is 5.58. The van der Waals surface area contributed by atoms with E-state index < -0.39 is 0 Å². The Labute approximate surface area is 137 Å². The van der Waals surface area contributed by atoms with Crippen LogP contribution in [-0.4, -0.2) is 68.0 Å². The molecule has 1 saturated heterocycles. The third-order valence-corrected chi connectivity index (χ3v) is 4.45. The number of nitrogens with zero attached hydrogens (tertiary/aromatic N) is 2. The first-order chi connectivity index (χ1) is 10.6. The number of hydrogen-bond donors (Lipinski definition) is 1. The van der Waals surface area contributed by atoms with Crippen LogP contribution in [0.25, 0.3) is 0 Å². The summed E-state index contributed by atoms with van der Waals surface area (Å²) in [5, 5.41) is 10.1. The third kappa shape index (κ3) is 4.04. The van der Waals surface area contributed by atoms with Crippen molar-refractivity contribution in [3.63, 3.8) is 0 Å². The van der Waals surface area contributed by atoms with Gasteiger partial charge in [-0.3, -0.25) is 9.80 Å². The summed E-state index contributed by atoms with van der Waals surface area (Å²) < 4.78 is 10.9. The van der Waals surface area contributed by atoms with Gasteiger partial charge in [-0.25, -0.2) is 0 Å². The molecule has 0 spiro atoms. The van der Waals surface area contributed by atoms with E-state index in [9.17, 15) is 5.11 Å². The molecule has 1 N–H and O–H groups in total. The predicted molar refractivity (Wildman–Crippen MR) is 88.0 cm³/mol. The summed E-state index contributed by atoms with van der Waals surface area (Å²) in [6.07, 6.45) is 0. The number of piperazine rings is 1. The molecular weight excluding hydrogens is 304 g/mol. The van der Waals surface area contributed by atoms with Crippen molar-refractivity contribution in [2.45, 2.75) is 19.5 Å². The van der Waals surface area contributed by atoms with Gasteiger partial charge in [0.1, 0.15) is 0 Å². The maximum atomic E-state index is 9.45. The zero-order chi connectivity index (χ0) is 16.1. The SMILES string of the molecule is CCOc1cc(CN2CCN(C)C(CO)C2)c(Cl)cc1OC. The van der Waals surface area contributed by atoms with Gasteiger partial charge in [-0.1, -0.05) is 11.6 Å². The molecule has 1 atom stereocenters. The summed E-state index contributed by atoms with van der Waals surface area (Å²) in [7, 11) is 3.66. The van der Waals surface area contributed by atoms with Crippen molar-refractivity contribution in [2.75, 3.05) is 47.0 Å². The average Bonchev–Trinajstić information content (AvgIpc) is 2.52. The van der Waals surface area contributed by atoms with E-state index in [4.69, 9.17) is 21.1 Å². The smallest absolute Gasteiger partial charge is 0.162 e. The molecule has 1 heterocycles. The first-order valence-corrected chi connectivity index (χ1v) is 7.99. The Morgan fingerprint density at radius 3 is 2.73 bits per heavy atom. The summed E-state index contributed by atoms with van der Waals surface area (Å²) in [4.78, 5) is 4.50. The van der Waals surface area contributed by atoms with E-state index in [0.29, 0.717) is 17.4 Å². The van der Waals surface area contributed by atoms with Crippen molar-refractivity contribution in [1.82, 2.24) is 9.80 Å². The minimum atomic E-state index is 0.174. The number of likely N-dealkylation sites (N-methyl/N-ethyl adjacent to an activating group) is 1. The zero-order valence-corrected chi connectivity index (χ0v) is 14.3. The van der Waals surface area contributed by atoms with E-state index in [1.807, 2.05) is 26.1 Å². The van der Waals surface area contributed by atoms with E-state index in [2.05, 4.69) is 9.80 Å². The first-order valence-electron chi connectivity index (χ1n) is 7.61. The molecule has 2 rings (SSSR count). The third-order valence-electron chi connectivity index (χ3n) is 4.10. The fraction of sp³-hybridized carbons (Fsp3) is 0.625. The highest BCUT2D eigenvalue weighted by molar-refractivity contribution is 6.31. The highest BCUT2D eigenvalue weighted by Crippen LogP contribution is 2.34. The molecule has 0 aromatic heterocycles. The molecule has 1 unspecified atom stereocenters. The molecule has 0 aliphatic carbocycles. The van der Waals surface area contributed by atoms with Gasteiger partial charge in [0, 0.05) is 43.3 Å². The lowest BCUT2D eigenvalue weighted by atomic mass is 10.1. The summed E-state index contributed by atoms with van der Waals surface area (Å²) in [5.74, 6) is 1.37. The number of ether oxygens (including phenoxy) is 2. The Hall–Kier alpha value is -1.01. The number of benzene rings is 1. The van der Waals surface area contributed by atoms with Crippen molar-refractivity contribution < 1.29 is 14.6 Å². The highest BCUT2D eigenvalue weighted by Gasteiger charge is 2.24. The van der Waals surface area contributed by atoms with Crippen LogP contribution in [0.3, 0.4) is 0 Å². The molecule has 0 amide bonds. The normalized spacial score (nSPS) is 20.1. The van der Waals surface area contributed by atoms with Gasteiger partial charge in [0.15, 0.2) is 11.5 Å². The first kappa shape index (κ1) is 17.3. The van der Waals surface area contributed by atoms with Gasteiger partial charge < -0.3 is 14.6 Å². The standard InChI is InChI=1S/C16H25ClN2O3/c1-4-22-16-7-12(14(17)8-15(16)21-3)9-19-6-5-18(2)13(10-19)11-20/h7-8,13,20H,4-6,9-11H2,1-3H3. The minimum Gasteiger partial charge on any atom is -0.493 e. The van der Waals surface area contributed by atoms with Crippen molar-refractivity contribution in [3.8, 4) is 11.5 Å². The number of methoxy groups -OCH3 is 1. The maximum absolute atomic E-state index is 9.45. The highest BCUT2D eigenvalue weighted by atomic mass is 35.5. The lowest BCUT2D eigenvalue weighted by molar-refractivity contribution is 0.0539. The van der Waals surface area contributed by atoms with Gasteiger partial charge in [0.05, 0.1) is 20.3 Å². The molecule has 22 heavy (non-hydrogen) atoms. The van der Waals surface area contributed by atoms with Crippen LogP contribution in [0.1, 0.15) is 12.5 Å². The fourth-order valence-corrected chi connectivity index (χ4v) is 2.93. The second-order valence-corrected chi connectivity index (χ2v) is 5.99. The fourth-order valence-electron chi connectivity index (χ4n) is 2.72. The number of hydrogen-bond acceptors (Lipinski definition) is 5. The molecule has 0 radical (unpaired) electrons. The molecule has 0 saturated carbocycles. The quantitative estimate of drug-likeness (QED) is 0.863. The van der Waals surface area contributed by atoms with E-state index in [0.717, 1.165) is 37.5 Å². The van der Waals surface area contributed by atoms with Crippen LogP contribution >= 0.6 is 11.6 Å². The van der Waals surface area contributed by atoms with Gasteiger partial charge in [0.25, 0.3) is 0 Å². The lowest BCUT2D eigenvalue weighted by Gasteiger charge is -2.38. The Bertz CT molecular complexity index is 499. The van der Waals surface area contributed by atoms with E-state index >= 15 is 0 Å². The molecule has 5 nitrogen and oxygen atoms in total. The Morgan fingerprint density at radius 2 is 2.09 bits per heavy atom. The van der Waals surface area contributed by atoms with Crippen LogP contribution in [-0.2, 0) is 6.54 Å². The molecule has 1 aromatic rings. The van der Waals surface area contributed by atoms with Crippen molar-refractivity contribution >= 4 is 11.6 Å². The van der Waals surface area contributed by atoms with E-state index in [-0.39, 0.29) is 12.6 Å². The largest absolute Gasteiger partial charge is 0.493 e. The summed E-state index contributed by atoms with van der Waals surface area (Å²) in [6.45, 7) is 6.18. The van der Waals surface area contributed by atoms with Gasteiger partial charge in [-0.15, -0.1) is 0 Å². The molecule has 1 fully saturated rings. The van der Waals surface area contributed by atoms with Gasteiger partial charge >= 0.3 is 0 Å². The lowest BCUT2D eigenvalue weighted by Crippen LogP contribution is -2.52. The Kier molecular flexibility index (Phi) is 6.32. The zero-order valence-electron chi connectivity index (χ0n) is 13.5. The topological polar surface area (TPSA) is 45.2 Å². The number of rotatable bonds is 6. The Balaban J connectivity index is 2.13. The molecule has 0 bridgehead atoms. The van der Waals surface area contributed by atoms with Gasteiger partial charge in [-0.05, 0) is 25.6 Å². The van der Waals surface area contributed by atoms with Crippen LogP contribution in [0, 0.1) is 0 Å². The number of halogens is 1. The van der Waals surface area contributed by atoms with Crippen molar-refractivity contribution in [3.05, 3.63) is 22.7 Å². The van der Waals surface area contributed by atoms with Gasteiger partial charge in [0.2, 0.25) is 0 Å². The number of aliphatic hydroxyl groups is 1. The average molecular weight is 329 g/mol. The van der Waals surface area contributed by atoms with Crippen LogP contribution in [0.15, 0.2) is 12.1 Å². The van der Waals surface area contributed by atoms with Crippen molar-refractivity contribution in [2.24, 2.45) is 0 Å². The van der Waals surface area contributed by atoms with Crippen LogP contribution in [0.4, 0.5) is 0 Å². The summed E-state index contributed by atoms with van der Waals surface area (Å²) in [6, 6.07) is 3.94. The predicted octanol–water partition coefficient (Wildman–Crippen LogP) is 1.86. The van der Waals surface area contributed by atoms with E-state index in [1.54, 1.807) is 7.11 Å². The minimum absolute atomic E-state index is 0.174. The number of aliphatic hydroxyl groups excluding tert-OH is 1. The summed E-state index contributed by atoms with van der Waals surface area (Å²) >= 11 is 6.38. The second kappa shape index (κ2) is 8.02. The van der Waals surface area contributed by atoms with Crippen LogP contribution in [0.5, 0.6) is 11.5 Å². The summed E-state index contributed by atoms with van der Waals surface area (Å²) in [5.41, 5.74) is 1.02. The molecule has 1 aromatic carbocycles. The van der Waals surface area contributed by atoms with Gasteiger partial charge in [-0.2, -0.15) is 0 Å².